The van der Waals surface area contributed by atoms with Crippen LogP contribution in [-0.2, 0) is 11.0 Å². The number of fused-ring (bicyclic) bond motifs is 5. The van der Waals surface area contributed by atoms with Crippen molar-refractivity contribution in [2.24, 2.45) is 17.3 Å². The molecular formula is C18H24ClO3P. The molecule has 5 heteroatoms. The molecule has 0 unspecified atom stereocenters. The maximum atomic E-state index is 10.4. The fraction of sp³-hybridized carbons (Fsp3) is 0.667. The molecule has 0 amide bonds. The van der Waals surface area contributed by atoms with Crippen molar-refractivity contribution in [2.45, 2.75) is 57.5 Å². The minimum Gasteiger partial charge on any atom is -0.508 e. The zero-order chi connectivity index (χ0) is 16.6. The molecule has 2 N–H and O–H groups in total. The van der Waals surface area contributed by atoms with Gasteiger partial charge < -0.3 is 10.2 Å². The fourth-order valence-corrected chi connectivity index (χ4v) is 5.54. The third-order valence-electron chi connectivity index (χ3n) is 6.66. The van der Waals surface area contributed by atoms with E-state index in [-0.39, 0.29) is 19.3 Å². The number of benzene rings is 1. The van der Waals surface area contributed by atoms with Gasteiger partial charge >= 0.3 is 0 Å². The molecule has 3 aliphatic rings. The number of phenolic OH excluding ortho intramolecular Hbond substituents is 1. The second kappa shape index (κ2) is 6.70. The van der Waals surface area contributed by atoms with Crippen molar-refractivity contribution in [1.82, 2.24) is 0 Å². The van der Waals surface area contributed by atoms with Crippen LogP contribution in [0.5, 0.6) is 5.75 Å². The number of aryl methyl sites for hydroxylation is 1. The van der Waals surface area contributed by atoms with Gasteiger partial charge in [0, 0.05) is 0 Å². The maximum Gasteiger partial charge on any atom is 0.267 e. The van der Waals surface area contributed by atoms with Gasteiger partial charge in [0.05, 0.1) is 6.10 Å². The van der Waals surface area contributed by atoms with Gasteiger partial charge in [-0.05, 0) is 96.2 Å². The van der Waals surface area contributed by atoms with Gasteiger partial charge in [-0.15, -0.1) is 0 Å². The molecule has 0 radical (unpaired) electrons. The van der Waals surface area contributed by atoms with Crippen LogP contribution in [0.15, 0.2) is 18.2 Å². The molecule has 0 bridgehead atoms. The zero-order valence-electron chi connectivity index (χ0n) is 13.4. The normalized spacial score (nSPS) is 38.0. The first kappa shape index (κ1) is 17.2. The smallest absolute Gasteiger partial charge is 0.267 e. The summed E-state index contributed by atoms with van der Waals surface area (Å²) in [5.41, 5.74) is 2.99. The van der Waals surface area contributed by atoms with Crippen molar-refractivity contribution in [3.05, 3.63) is 29.3 Å². The lowest BCUT2D eigenvalue weighted by Gasteiger charge is -2.50. The lowest BCUT2D eigenvalue weighted by atomic mass is 9.55. The first-order valence-corrected chi connectivity index (χ1v) is 10.2. The molecule has 0 aliphatic heterocycles. The Morgan fingerprint density at radius 1 is 1.26 bits per heavy atom. The molecule has 2 saturated carbocycles. The number of halogens is 1. The summed E-state index contributed by atoms with van der Waals surface area (Å²) in [5.74, 6) is 2.49. The summed E-state index contributed by atoms with van der Waals surface area (Å²) in [6.45, 7) is 2.32. The summed E-state index contributed by atoms with van der Waals surface area (Å²) in [6, 6.07) is 5.96. The SMILES string of the molecule is C[C@]12CC[C@@H]3c4ccc(O)cc4CC[C@H]3[C@@H]1CC[C@@H]2O.O=PCl. The minimum absolute atomic E-state index is 0.0883. The summed E-state index contributed by atoms with van der Waals surface area (Å²) in [5, 5.41) is 20.0. The molecule has 5 atom stereocenters. The molecule has 3 aliphatic carbocycles. The topological polar surface area (TPSA) is 57.5 Å². The molecule has 3 nitrogen and oxygen atoms in total. The van der Waals surface area contributed by atoms with Crippen LogP contribution in [0.1, 0.15) is 56.1 Å². The number of hydrogen-bond acceptors (Lipinski definition) is 3. The van der Waals surface area contributed by atoms with Crippen molar-refractivity contribution in [1.29, 1.82) is 0 Å². The van der Waals surface area contributed by atoms with E-state index in [1.54, 1.807) is 0 Å². The molecule has 0 heterocycles. The van der Waals surface area contributed by atoms with Gasteiger partial charge in [-0.2, -0.15) is 0 Å². The van der Waals surface area contributed by atoms with Crippen molar-refractivity contribution in [3.8, 4) is 5.75 Å². The van der Waals surface area contributed by atoms with Gasteiger partial charge in [-0.1, -0.05) is 13.0 Å². The molecule has 4 rings (SSSR count). The van der Waals surface area contributed by atoms with Gasteiger partial charge in [0.1, 0.15) is 5.75 Å². The lowest BCUT2D eigenvalue weighted by molar-refractivity contribution is -0.0226. The van der Waals surface area contributed by atoms with Crippen molar-refractivity contribution >= 4 is 19.1 Å². The van der Waals surface area contributed by atoms with Gasteiger partial charge in [0.2, 0.25) is 0 Å². The third kappa shape index (κ3) is 2.92. The van der Waals surface area contributed by atoms with E-state index in [4.69, 9.17) is 4.57 Å². The molecule has 0 spiro atoms. The maximum absolute atomic E-state index is 10.4. The molecule has 0 aromatic heterocycles. The highest BCUT2D eigenvalue weighted by atomic mass is 35.7. The van der Waals surface area contributed by atoms with Crippen LogP contribution in [0.4, 0.5) is 0 Å². The second-order valence-corrected chi connectivity index (χ2v) is 8.06. The van der Waals surface area contributed by atoms with Crippen LogP contribution in [0, 0.1) is 17.3 Å². The molecular weight excluding hydrogens is 331 g/mol. The molecule has 0 saturated heterocycles. The predicted octanol–water partition coefficient (Wildman–Crippen LogP) is 5.04. The predicted molar refractivity (Wildman–Crippen MR) is 92.2 cm³/mol. The Hall–Kier alpha value is -0.630. The average molecular weight is 355 g/mol. The Balaban J connectivity index is 0.000000485. The molecule has 126 valence electrons. The van der Waals surface area contributed by atoms with Crippen LogP contribution in [0.3, 0.4) is 0 Å². The summed E-state index contributed by atoms with van der Waals surface area (Å²) in [4.78, 5) is 0. The first-order valence-electron chi connectivity index (χ1n) is 8.44. The molecule has 1 aromatic carbocycles. The highest BCUT2D eigenvalue weighted by Gasteiger charge is 2.54. The highest BCUT2D eigenvalue weighted by molar-refractivity contribution is 7.57. The second-order valence-electron chi connectivity index (χ2n) is 7.51. The van der Waals surface area contributed by atoms with E-state index >= 15 is 0 Å². The van der Waals surface area contributed by atoms with E-state index in [0.29, 0.717) is 17.6 Å². The number of hydrogen-bond donors (Lipinski definition) is 2. The van der Waals surface area contributed by atoms with Crippen LogP contribution in [0.25, 0.3) is 0 Å². The Bertz CT molecular complexity index is 594. The highest BCUT2D eigenvalue weighted by Crippen LogP contribution is 2.60. The summed E-state index contributed by atoms with van der Waals surface area (Å²) in [6.07, 6.45) is 6.78. The van der Waals surface area contributed by atoms with E-state index in [2.05, 4.69) is 24.2 Å². The standard InChI is InChI=1S/C18H24O2.ClOP/c1-18-9-8-14-13-5-3-12(19)10-11(13)2-4-15(14)16(18)6-7-17(18)20;1-3-2/h3,5,10,14-17,19-20H,2,4,6-9H2,1H3;/t14-,15-,16+,17+,18+;/m1./s1. The van der Waals surface area contributed by atoms with Crippen molar-refractivity contribution < 1.29 is 14.8 Å². The van der Waals surface area contributed by atoms with Gasteiger partial charge in [-0.3, -0.25) is 4.57 Å². The molecule has 1 aromatic rings. The fourth-order valence-electron chi connectivity index (χ4n) is 5.54. The number of aliphatic hydroxyl groups excluding tert-OH is 1. The Labute approximate surface area is 144 Å². The monoisotopic (exact) mass is 354 g/mol. The van der Waals surface area contributed by atoms with E-state index in [0.717, 1.165) is 25.2 Å². The summed E-state index contributed by atoms with van der Waals surface area (Å²) >= 11 is 4.42. The summed E-state index contributed by atoms with van der Waals surface area (Å²) < 4.78 is 8.67. The van der Waals surface area contributed by atoms with Crippen LogP contribution in [0.2, 0.25) is 0 Å². The van der Waals surface area contributed by atoms with Crippen LogP contribution < -0.4 is 0 Å². The van der Waals surface area contributed by atoms with Crippen LogP contribution >= 0.6 is 19.1 Å². The van der Waals surface area contributed by atoms with Crippen LogP contribution in [-0.4, -0.2) is 16.3 Å². The van der Waals surface area contributed by atoms with Gasteiger partial charge in [0.25, 0.3) is 7.81 Å². The van der Waals surface area contributed by atoms with E-state index in [9.17, 15) is 10.2 Å². The van der Waals surface area contributed by atoms with E-state index in [1.807, 2.05) is 12.1 Å². The summed E-state index contributed by atoms with van der Waals surface area (Å²) in [7, 11) is -0.361. The average Bonchev–Trinajstić information content (AvgIpc) is 2.83. The zero-order valence-corrected chi connectivity index (χ0v) is 15.1. The number of phenols is 1. The first-order chi connectivity index (χ1) is 11.0. The van der Waals surface area contributed by atoms with Crippen molar-refractivity contribution in [2.75, 3.05) is 0 Å². The number of rotatable bonds is 0. The quantitative estimate of drug-likeness (QED) is 0.641. The largest absolute Gasteiger partial charge is 0.508 e. The third-order valence-corrected chi connectivity index (χ3v) is 6.66. The lowest BCUT2D eigenvalue weighted by Crippen LogP contribution is -2.43. The molecule has 2 fully saturated rings. The Morgan fingerprint density at radius 2 is 2.00 bits per heavy atom. The number of aromatic hydroxyl groups is 1. The van der Waals surface area contributed by atoms with Crippen molar-refractivity contribution in [3.63, 3.8) is 0 Å². The minimum atomic E-state index is -0.361. The molecule has 23 heavy (non-hydrogen) atoms. The van der Waals surface area contributed by atoms with Gasteiger partial charge in [0.15, 0.2) is 0 Å². The van der Waals surface area contributed by atoms with E-state index in [1.165, 1.54) is 30.4 Å². The Kier molecular flexibility index (Phi) is 5.01. The number of aliphatic hydroxyl groups is 1. The van der Waals surface area contributed by atoms with E-state index < -0.39 is 0 Å². The Morgan fingerprint density at radius 3 is 2.74 bits per heavy atom. The van der Waals surface area contributed by atoms with Gasteiger partial charge in [-0.25, -0.2) is 0 Å².